The maximum absolute atomic E-state index is 10.9. The standard InChI is InChI=1S/C18H22N2O3/c21-11-16-8-14-7-15-10-20(4-1-13(15)9-17(14)19-16)12-18(22)2-5-23-6-3-18/h7-9,11,19,22H,1-6,10,12H2. The summed E-state index contributed by atoms with van der Waals surface area (Å²) in [6, 6.07) is 6.24. The first-order chi connectivity index (χ1) is 11.1. The van der Waals surface area contributed by atoms with Gasteiger partial charge in [0.15, 0.2) is 6.29 Å². The molecule has 0 atom stereocenters. The van der Waals surface area contributed by atoms with Crippen LogP contribution in [-0.2, 0) is 17.7 Å². The van der Waals surface area contributed by atoms with Crippen LogP contribution in [0.5, 0.6) is 0 Å². The Hall–Kier alpha value is -1.69. The number of nitrogens with zero attached hydrogens (tertiary/aromatic N) is 1. The number of hydrogen-bond acceptors (Lipinski definition) is 4. The number of benzene rings is 1. The maximum Gasteiger partial charge on any atom is 0.166 e. The molecule has 1 saturated heterocycles. The second-order valence-corrected chi connectivity index (χ2v) is 6.85. The van der Waals surface area contributed by atoms with E-state index in [1.54, 1.807) is 0 Å². The van der Waals surface area contributed by atoms with Crippen molar-refractivity contribution in [2.45, 2.75) is 31.4 Å². The lowest BCUT2D eigenvalue weighted by Gasteiger charge is -2.38. The second-order valence-electron chi connectivity index (χ2n) is 6.85. The summed E-state index contributed by atoms with van der Waals surface area (Å²) in [5.41, 5.74) is 3.68. The van der Waals surface area contributed by atoms with Gasteiger partial charge in [-0.3, -0.25) is 9.69 Å². The number of hydrogen-bond donors (Lipinski definition) is 2. The molecule has 0 amide bonds. The molecule has 4 rings (SSSR count). The molecular weight excluding hydrogens is 292 g/mol. The molecule has 2 aliphatic rings. The molecule has 5 heteroatoms. The molecule has 0 unspecified atom stereocenters. The third-order valence-electron chi connectivity index (χ3n) is 5.12. The molecule has 2 aromatic rings. The van der Waals surface area contributed by atoms with Crippen molar-refractivity contribution in [2.75, 3.05) is 26.3 Å². The van der Waals surface area contributed by atoms with Crippen molar-refractivity contribution in [2.24, 2.45) is 0 Å². The molecule has 0 bridgehead atoms. The molecule has 2 N–H and O–H groups in total. The topological polar surface area (TPSA) is 65.6 Å². The smallest absolute Gasteiger partial charge is 0.166 e. The van der Waals surface area contributed by atoms with Gasteiger partial charge in [0, 0.05) is 56.6 Å². The van der Waals surface area contributed by atoms with Crippen LogP contribution < -0.4 is 0 Å². The highest BCUT2D eigenvalue weighted by Crippen LogP contribution is 2.28. The lowest BCUT2D eigenvalue weighted by molar-refractivity contribution is -0.0814. The summed E-state index contributed by atoms with van der Waals surface area (Å²) in [4.78, 5) is 16.4. The number of β-amino-alcohol motifs (C(OH)–C–C–N with tert-alkyl or cyclic N) is 1. The average Bonchev–Trinajstić information content (AvgIpc) is 2.95. The summed E-state index contributed by atoms with van der Waals surface area (Å²) in [5, 5.41) is 11.8. The van der Waals surface area contributed by atoms with Gasteiger partial charge in [-0.1, -0.05) is 0 Å². The van der Waals surface area contributed by atoms with Crippen LogP contribution in [0.2, 0.25) is 0 Å². The highest BCUT2D eigenvalue weighted by molar-refractivity contribution is 5.88. The Kier molecular flexibility index (Phi) is 3.71. The van der Waals surface area contributed by atoms with E-state index < -0.39 is 5.60 Å². The van der Waals surface area contributed by atoms with Gasteiger partial charge in [0.25, 0.3) is 0 Å². The van der Waals surface area contributed by atoms with E-state index in [4.69, 9.17) is 4.74 Å². The van der Waals surface area contributed by atoms with Gasteiger partial charge < -0.3 is 14.8 Å². The third kappa shape index (κ3) is 2.92. The number of aromatic nitrogens is 1. The summed E-state index contributed by atoms with van der Waals surface area (Å²) in [6.45, 7) is 3.83. The maximum atomic E-state index is 10.9. The van der Waals surface area contributed by atoms with Gasteiger partial charge in [0.2, 0.25) is 0 Å². The number of aldehydes is 1. The quantitative estimate of drug-likeness (QED) is 0.849. The normalized spacial score (nSPS) is 21.3. The molecule has 1 aromatic heterocycles. The Morgan fingerprint density at radius 3 is 2.87 bits per heavy atom. The molecule has 1 fully saturated rings. The number of carbonyl (C=O) groups excluding carboxylic acids is 1. The first-order valence-electron chi connectivity index (χ1n) is 8.27. The number of H-pyrrole nitrogens is 1. The van der Waals surface area contributed by atoms with Crippen LogP contribution in [-0.4, -0.2) is 53.2 Å². The van der Waals surface area contributed by atoms with Gasteiger partial charge in [-0.25, -0.2) is 0 Å². The average molecular weight is 314 g/mol. The SMILES string of the molecule is O=Cc1cc2cc3c(cc2[nH]1)CCN(CC1(O)CCOCC1)C3. The van der Waals surface area contributed by atoms with Gasteiger partial charge >= 0.3 is 0 Å². The molecule has 0 aliphatic carbocycles. The Morgan fingerprint density at radius 1 is 1.26 bits per heavy atom. The van der Waals surface area contributed by atoms with Crippen molar-refractivity contribution in [3.05, 3.63) is 35.0 Å². The molecule has 122 valence electrons. The first-order valence-corrected chi connectivity index (χ1v) is 8.27. The van der Waals surface area contributed by atoms with Crippen LogP contribution in [0.25, 0.3) is 10.9 Å². The van der Waals surface area contributed by atoms with Gasteiger partial charge in [-0.05, 0) is 35.7 Å². The minimum atomic E-state index is -0.612. The number of rotatable bonds is 3. The molecule has 23 heavy (non-hydrogen) atoms. The predicted molar refractivity (Wildman–Crippen MR) is 87.7 cm³/mol. The van der Waals surface area contributed by atoms with E-state index in [2.05, 4.69) is 22.0 Å². The van der Waals surface area contributed by atoms with Gasteiger partial charge in [-0.2, -0.15) is 0 Å². The predicted octanol–water partition coefficient (Wildman–Crippen LogP) is 1.88. The van der Waals surface area contributed by atoms with Crippen LogP contribution in [0, 0.1) is 0 Å². The Labute approximate surface area is 135 Å². The lowest BCUT2D eigenvalue weighted by atomic mass is 9.91. The van der Waals surface area contributed by atoms with E-state index in [-0.39, 0.29) is 0 Å². The van der Waals surface area contributed by atoms with Crippen LogP contribution in [0.1, 0.15) is 34.5 Å². The van der Waals surface area contributed by atoms with Gasteiger partial charge in [0.05, 0.1) is 11.3 Å². The fraction of sp³-hybridized carbons (Fsp3) is 0.500. The van der Waals surface area contributed by atoms with Crippen LogP contribution in [0.4, 0.5) is 0 Å². The van der Waals surface area contributed by atoms with E-state index >= 15 is 0 Å². The molecule has 0 spiro atoms. The number of fused-ring (bicyclic) bond motifs is 2. The first kappa shape index (κ1) is 14.9. The Balaban J connectivity index is 1.55. The number of carbonyl (C=O) groups is 1. The molecular formula is C18H22N2O3. The molecule has 1 aromatic carbocycles. The fourth-order valence-electron chi connectivity index (χ4n) is 3.80. The van der Waals surface area contributed by atoms with Crippen LogP contribution in [0.15, 0.2) is 18.2 Å². The number of ether oxygens (including phenoxy) is 1. The minimum absolute atomic E-state index is 0.612. The zero-order valence-corrected chi connectivity index (χ0v) is 13.2. The highest BCUT2D eigenvalue weighted by Gasteiger charge is 2.33. The zero-order valence-electron chi connectivity index (χ0n) is 13.2. The highest BCUT2D eigenvalue weighted by atomic mass is 16.5. The van der Waals surface area contributed by atoms with Crippen molar-refractivity contribution >= 4 is 17.2 Å². The van der Waals surface area contributed by atoms with E-state index in [0.29, 0.717) is 25.5 Å². The molecule has 2 aliphatic heterocycles. The summed E-state index contributed by atoms with van der Waals surface area (Å²) in [7, 11) is 0. The Morgan fingerprint density at radius 2 is 2.09 bits per heavy atom. The van der Waals surface area contributed by atoms with Crippen molar-refractivity contribution in [3.8, 4) is 0 Å². The van der Waals surface area contributed by atoms with Crippen LogP contribution in [0.3, 0.4) is 0 Å². The van der Waals surface area contributed by atoms with E-state index in [1.165, 1.54) is 11.1 Å². The molecule has 0 saturated carbocycles. The van der Waals surface area contributed by atoms with E-state index in [1.807, 2.05) is 6.07 Å². The molecule has 5 nitrogen and oxygen atoms in total. The van der Waals surface area contributed by atoms with Crippen molar-refractivity contribution in [1.82, 2.24) is 9.88 Å². The van der Waals surface area contributed by atoms with Crippen molar-refractivity contribution in [1.29, 1.82) is 0 Å². The largest absolute Gasteiger partial charge is 0.388 e. The number of nitrogens with one attached hydrogen (secondary N) is 1. The van der Waals surface area contributed by atoms with Gasteiger partial charge in [-0.15, -0.1) is 0 Å². The summed E-state index contributed by atoms with van der Waals surface area (Å²) >= 11 is 0. The third-order valence-corrected chi connectivity index (χ3v) is 5.12. The molecule has 0 radical (unpaired) electrons. The second kappa shape index (κ2) is 5.74. The minimum Gasteiger partial charge on any atom is -0.388 e. The number of aromatic amines is 1. The summed E-state index contributed by atoms with van der Waals surface area (Å²) < 4.78 is 5.36. The molecule has 3 heterocycles. The van der Waals surface area contributed by atoms with Crippen molar-refractivity contribution in [3.63, 3.8) is 0 Å². The van der Waals surface area contributed by atoms with E-state index in [0.717, 1.165) is 49.5 Å². The monoisotopic (exact) mass is 314 g/mol. The fourth-order valence-corrected chi connectivity index (χ4v) is 3.80. The van der Waals surface area contributed by atoms with Crippen molar-refractivity contribution < 1.29 is 14.6 Å². The lowest BCUT2D eigenvalue weighted by Crippen LogP contribution is -2.48. The zero-order chi connectivity index (χ0) is 15.9. The summed E-state index contributed by atoms with van der Waals surface area (Å²) in [5.74, 6) is 0. The van der Waals surface area contributed by atoms with E-state index in [9.17, 15) is 9.90 Å². The summed E-state index contributed by atoms with van der Waals surface area (Å²) in [6.07, 6.45) is 3.27. The Bertz CT molecular complexity index is 731. The number of aliphatic hydroxyl groups is 1. The van der Waals surface area contributed by atoms with Gasteiger partial charge in [0.1, 0.15) is 0 Å². The van der Waals surface area contributed by atoms with Crippen LogP contribution >= 0.6 is 0 Å².